The molecule has 0 N–H and O–H groups in total. The molecule has 0 amide bonds. The molecule has 5 heteroatoms. The average Bonchev–Trinajstić information content (AvgIpc) is 2.96. The van der Waals surface area contributed by atoms with E-state index in [-0.39, 0.29) is 0 Å². The van der Waals surface area contributed by atoms with Crippen molar-refractivity contribution in [2.24, 2.45) is 0 Å². The molecule has 0 spiro atoms. The van der Waals surface area contributed by atoms with Crippen LogP contribution in [0, 0.1) is 18.3 Å². The van der Waals surface area contributed by atoms with E-state index >= 15 is 0 Å². The van der Waals surface area contributed by atoms with Gasteiger partial charge in [0.15, 0.2) is 0 Å². The van der Waals surface area contributed by atoms with Crippen LogP contribution in [0.5, 0.6) is 0 Å². The zero-order chi connectivity index (χ0) is 14.7. The molecule has 5 nitrogen and oxygen atoms in total. The first-order valence-electron chi connectivity index (χ1n) is 6.58. The third-order valence-corrected chi connectivity index (χ3v) is 3.14. The Morgan fingerprint density at radius 1 is 1.14 bits per heavy atom. The van der Waals surface area contributed by atoms with Gasteiger partial charge in [0.05, 0.1) is 18.2 Å². The van der Waals surface area contributed by atoms with Gasteiger partial charge in [-0.05, 0) is 29.8 Å². The number of hydrogen-bond donors (Lipinski definition) is 0. The fourth-order valence-corrected chi connectivity index (χ4v) is 2.03. The van der Waals surface area contributed by atoms with E-state index in [0.29, 0.717) is 17.9 Å². The summed E-state index contributed by atoms with van der Waals surface area (Å²) in [5, 5.41) is 21.4. The third kappa shape index (κ3) is 2.95. The molecule has 102 valence electrons. The van der Waals surface area contributed by atoms with Gasteiger partial charge in [0, 0.05) is 5.56 Å². The molecule has 0 aliphatic heterocycles. The van der Waals surface area contributed by atoms with Crippen LogP contribution >= 0.6 is 0 Å². The first-order valence-corrected chi connectivity index (χ1v) is 6.58. The molecule has 0 bridgehead atoms. The summed E-state index contributed by atoms with van der Waals surface area (Å²) in [5.74, 6) is 0.603. The summed E-state index contributed by atoms with van der Waals surface area (Å²) in [6, 6.07) is 17.5. The average molecular weight is 275 g/mol. The van der Waals surface area contributed by atoms with Crippen molar-refractivity contribution in [1.29, 1.82) is 5.26 Å². The number of nitriles is 1. The van der Waals surface area contributed by atoms with Crippen LogP contribution in [0.3, 0.4) is 0 Å². The second-order valence-corrected chi connectivity index (χ2v) is 4.82. The van der Waals surface area contributed by atoms with Crippen LogP contribution in [0.1, 0.15) is 16.7 Å². The first kappa shape index (κ1) is 13.0. The van der Waals surface area contributed by atoms with E-state index in [1.54, 1.807) is 6.07 Å². The Balaban J connectivity index is 1.82. The molecule has 0 atom stereocenters. The van der Waals surface area contributed by atoms with E-state index in [1.807, 2.05) is 49.4 Å². The molecule has 21 heavy (non-hydrogen) atoms. The van der Waals surface area contributed by atoms with Gasteiger partial charge in [-0.25, -0.2) is 0 Å². The lowest BCUT2D eigenvalue weighted by Crippen LogP contribution is -2.04. The molecule has 0 saturated carbocycles. The van der Waals surface area contributed by atoms with Crippen LogP contribution in [-0.4, -0.2) is 20.2 Å². The topological polar surface area (TPSA) is 67.4 Å². The standard InChI is InChI=1S/C16H13N5/c1-12-5-7-15(8-6-12)16-18-20-21(19-16)11-14-4-2-3-13(9-14)10-17/h2-9H,11H2,1H3. The highest BCUT2D eigenvalue weighted by atomic mass is 15.6. The molecule has 2 aromatic carbocycles. The Morgan fingerprint density at radius 2 is 1.95 bits per heavy atom. The Kier molecular flexibility index (Phi) is 3.44. The van der Waals surface area contributed by atoms with Gasteiger partial charge in [0.2, 0.25) is 5.82 Å². The van der Waals surface area contributed by atoms with Crippen LogP contribution in [-0.2, 0) is 6.54 Å². The number of hydrogen-bond acceptors (Lipinski definition) is 4. The van der Waals surface area contributed by atoms with E-state index in [1.165, 1.54) is 10.4 Å². The van der Waals surface area contributed by atoms with Crippen LogP contribution in [0.4, 0.5) is 0 Å². The maximum atomic E-state index is 8.90. The summed E-state index contributed by atoms with van der Waals surface area (Å²) >= 11 is 0. The lowest BCUT2D eigenvalue weighted by molar-refractivity contribution is 0.573. The van der Waals surface area contributed by atoms with Crippen molar-refractivity contribution >= 4 is 0 Å². The summed E-state index contributed by atoms with van der Waals surface area (Å²) in [6.07, 6.45) is 0. The smallest absolute Gasteiger partial charge is 0.192 e. The largest absolute Gasteiger partial charge is 0.204 e. The van der Waals surface area contributed by atoms with Crippen LogP contribution < -0.4 is 0 Å². The predicted octanol–water partition coefficient (Wildman–Crippen LogP) is 2.57. The summed E-state index contributed by atoms with van der Waals surface area (Å²) in [4.78, 5) is 1.53. The summed E-state index contributed by atoms with van der Waals surface area (Å²) in [6.45, 7) is 2.53. The number of rotatable bonds is 3. The highest BCUT2D eigenvalue weighted by Crippen LogP contribution is 2.14. The van der Waals surface area contributed by atoms with E-state index in [9.17, 15) is 0 Å². The molecule has 0 saturated heterocycles. The molecule has 3 aromatic rings. The van der Waals surface area contributed by atoms with Crippen LogP contribution in [0.25, 0.3) is 11.4 Å². The van der Waals surface area contributed by atoms with Crippen molar-refractivity contribution in [3.63, 3.8) is 0 Å². The molecule has 1 aromatic heterocycles. The minimum absolute atomic E-state index is 0.494. The highest BCUT2D eigenvalue weighted by molar-refractivity contribution is 5.54. The molecule has 0 aliphatic carbocycles. The Labute approximate surface area is 122 Å². The number of tetrazole rings is 1. The fourth-order valence-electron chi connectivity index (χ4n) is 2.03. The highest BCUT2D eigenvalue weighted by Gasteiger charge is 2.06. The molecule has 0 unspecified atom stereocenters. The number of aromatic nitrogens is 4. The SMILES string of the molecule is Cc1ccc(-c2nnn(Cc3cccc(C#N)c3)n2)cc1. The molecule has 0 aliphatic rings. The molecule has 1 heterocycles. The second kappa shape index (κ2) is 5.55. The summed E-state index contributed by atoms with van der Waals surface area (Å²) < 4.78 is 0. The monoisotopic (exact) mass is 275 g/mol. The minimum Gasteiger partial charge on any atom is -0.192 e. The van der Waals surface area contributed by atoms with E-state index < -0.39 is 0 Å². The number of aryl methyl sites for hydroxylation is 1. The molecular formula is C16H13N5. The Morgan fingerprint density at radius 3 is 2.71 bits per heavy atom. The van der Waals surface area contributed by atoms with Gasteiger partial charge in [-0.1, -0.05) is 42.0 Å². The fraction of sp³-hybridized carbons (Fsp3) is 0.125. The Bertz CT molecular complexity index is 796. The molecule has 0 fully saturated rings. The van der Waals surface area contributed by atoms with E-state index in [0.717, 1.165) is 11.1 Å². The summed E-state index contributed by atoms with van der Waals surface area (Å²) in [7, 11) is 0. The number of nitrogens with zero attached hydrogens (tertiary/aromatic N) is 5. The zero-order valence-corrected chi connectivity index (χ0v) is 11.6. The van der Waals surface area contributed by atoms with Crippen molar-refractivity contribution in [2.75, 3.05) is 0 Å². The van der Waals surface area contributed by atoms with Crippen LogP contribution in [0.15, 0.2) is 48.5 Å². The minimum atomic E-state index is 0.494. The molecule has 0 radical (unpaired) electrons. The first-order chi connectivity index (χ1) is 10.2. The quantitative estimate of drug-likeness (QED) is 0.736. The van der Waals surface area contributed by atoms with Gasteiger partial charge in [0.25, 0.3) is 0 Å². The Hall–Kier alpha value is -3.00. The maximum Gasteiger partial charge on any atom is 0.204 e. The van der Waals surface area contributed by atoms with Crippen molar-refractivity contribution in [3.8, 4) is 17.5 Å². The molecular weight excluding hydrogens is 262 g/mol. The van der Waals surface area contributed by atoms with Gasteiger partial charge in [-0.3, -0.25) is 0 Å². The van der Waals surface area contributed by atoms with Crippen molar-refractivity contribution in [3.05, 3.63) is 65.2 Å². The third-order valence-electron chi connectivity index (χ3n) is 3.14. The van der Waals surface area contributed by atoms with Crippen molar-refractivity contribution < 1.29 is 0 Å². The van der Waals surface area contributed by atoms with Gasteiger partial charge in [-0.2, -0.15) is 10.1 Å². The van der Waals surface area contributed by atoms with E-state index in [4.69, 9.17) is 5.26 Å². The van der Waals surface area contributed by atoms with Gasteiger partial charge in [-0.15, -0.1) is 10.2 Å². The van der Waals surface area contributed by atoms with Crippen LogP contribution in [0.2, 0.25) is 0 Å². The predicted molar refractivity (Wildman–Crippen MR) is 78.2 cm³/mol. The second-order valence-electron chi connectivity index (χ2n) is 4.82. The van der Waals surface area contributed by atoms with Gasteiger partial charge < -0.3 is 0 Å². The lowest BCUT2D eigenvalue weighted by atomic mass is 10.1. The van der Waals surface area contributed by atoms with Gasteiger partial charge in [0.1, 0.15) is 0 Å². The normalized spacial score (nSPS) is 10.3. The molecule has 3 rings (SSSR count). The number of benzene rings is 2. The summed E-state index contributed by atoms with van der Waals surface area (Å²) in [5.41, 5.74) is 3.74. The van der Waals surface area contributed by atoms with Gasteiger partial charge >= 0.3 is 0 Å². The zero-order valence-electron chi connectivity index (χ0n) is 11.6. The lowest BCUT2D eigenvalue weighted by Gasteiger charge is -1.99. The van der Waals surface area contributed by atoms with E-state index in [2.05, 4.69) is 21.5 Å². The van der Waals surface area contributed by atoms with Crippen molar-refractivity contribution in [2.45, 2.75) is 13.5 Å². The van der Waals surface area contributed by atoms with Crippen molar-refractivity contribution in [1.82, 2.24) is 20.2 Å². The maximum absolute atomic E-state index is 8.90.